The van der Waals surface area contributed by atoms with Crippen molar-refractivity contribution in [3.8, 4) is 0 Å². The van der Waals surface area contributed by atoms with E-state index in [9.17, 15) is 8.42 Å². The van der Waals surface area contributed by atoms with E-state index in [0.29, 0.717) is 11.4 Å². The lowest BCUT2D eigenvalue weighted by atomic mass is 10.2. The monoisotopic (exact) mass is 319 g/mol. The first kappa shape index (κ1) is 15.4. The third-order valence-electron chi connectivity index (χ3n) is 4.18. The van der Waals surface area contributed by atoms with Crippen molar-refractivity contribution >= 4 is 20.8 Å². The van der Waals surface area contributed by atoms with Crippen LogP contribution in [0.15, 0.2) is 41.6 Å². The van der Waals surface area contributed by atoms with Gasteiger partial charge in [0.15, 0.2) is 0 Å². The van der Waals surface area contributed by atoms with Gasteiger partial charge in [-0.25, -0.2) is 8.42 Å². The maximum atomic E-state index is 13.0. The Kier molecular flexibility index (Phi) is 4.42. The molecule has 1 aliphatic heterocycles. The van der Waals surface area contributed by atoms with Gasteiger partial charge in [0.25, 0.3) is 0 Å². The Morgan fingerprint density at radius 3 is 2.95 bits per heavy atom. The summed E-state index contributed by atoms with van der Waals surface area (Å²) in [6, 6.07) is 7.10. The maximum Gasteiger partial charge on any atom is 0.243 e. The number of sulfonamides is 1. The van der Waals surface area contributed by atoms with E-state index in [1.54, 1.807) is 28.8 Å². The first-order chi connectivity index (χ1) is 10.6. The summed E-state index contributed by atoms with van der Waals surface area (Å²) in [6.07, 6.45) is 5.09. The minimum atomic E-state index is -3.46. The largest absolute Gasteiger partial charge is 0.317 e. The highest BCUT2D eigenvalue weighted by Gasteiger charge is 2.29. The zero-order valence-electron chi connectivity index (χ0n) is 12.7. The Bertz CT molecular complexity index is 761. The van der Waals surface area contributed by atoms with E-state index in [-0.39, 0.29) is 6.04 Å². The standard InChI is InChI=1S/C16H21N3O2S/c1-13-5-8-17-7-2-10-19(13)22(20,21)16-4-3-15-12-18-9-6-14(15)11-16/h3-4,6,9,11-13,17H,2,5,7-8,10H2,1H3. The second-order valence-corrected chi connectivity index (χ2v) is 7.63. The molecule has 1 N–H and O–H groups in total. The highest BCUT2D eigenvalue weighted by atomic mass is 32.2. The molecule has 1 aliphatic rings. The summed E-state index contributed by atoms with van der Waals surface area (Å²) < 4.78 is 27.6. The first-order valence-corrected chi connectivity index (χ1v) is 9.09. The molecule has 1 unspecified atom stereocenters. The molecule has 0 aliphatic carbocycles. The van der Waals surface area contributed by atoms with E-state index in [4.69, 9.17) is 0 Å². The van der Waals surface area contributed by atoms with E-state index < -0.39 is 10.0 Å². The van der Waals surface area contributed by atoms with E-state index in [0.717, 1.165) is 36.7 Å². The zero-order valence-corrected chi connectivity index (χ0v) is 13.5. The smallest absolute Gasteiger partial charge is 0.243 e. The van der Waals surface area contributed by atoms with Crippen LogP contribution in [0.3, 0.4) is 0 Å². The number of benzene rings is 1. The second kappa shape index (κ2) is 6.32. The molecule has 2 aromatic rings. The Balaban J connectivity index is 1.98. The molecule has 0 radical (unpaired) electrons. The lowest BCUT2D eigenvalue weighted by molar-refractivity contribution is 0.297. The number of pyridine rings is 1. The van der Waals surface area contributed by atoms with Gasteiger partial charge in [0, 0.05) is 30.4 Å². The van der Waals surface area contributed by atoms with Gasteiger partial charge in [-0.15, -0.1) is 0 Å². The van der Waals surface area contributed by atoms with Crippen LogP contribution in [0.5, 0.6) is 0 Å². The van der Waals surface area contributed by atoms with Crippen LogP contribution >= 0.6 is 0 Å². The Morgan fingerprint density at radius 2 is 2.09 bits per heavy atom. The van der Waals surface area contributed by atoms with Crippen molar-refractivity contribution in [3.63, 3.8) is 0 Å². The Morgan fingerprint density at radius 1 is 1.23 bits per heavy atom. The number of fused-ring (bicyclic) bond motifs is 1. The van der Waals surface area contributed by atoms with E-state index in [1.165, 1.54) is 0 Å². The van der Waals surface area contributed by atoms with Crippen LogP contribution in [0.1, 0.15) is 19.8 Å². The summed E-state index contributed by atoms with van der Waals surface area (Å²) in [7, 11) is -3.46. The van der Waals surface area contributed by atoms with Crippen molar-refractivity contribution in [1.82, 2.24) is 14.6 Å². The Hall–Kier alpha value is -1.50. The van der Waals surface area contributed by atoms with Crippen molar-refractivity contribution in [2.75, 3.05) is 19.6 Å². The van der Waals surface area contributed by atoms with Crippen LogP contribution < -0.4 is 5.32 Å². The number of nitrogens with zero attached hydrogens (tertiary/aromatic N) is 2. The predicted octanol–water partition coefficient (Wildman–Crippen LogP) is 2.00. The van der Waals surface area contributed by atoms with E-state index in [2.05, 4.69) is 10.3 Å². The average molecular weight is 319 g/mol. The van der Waals surface area contributed by atoms with Gasteiger partial charge in [0.2, 0.25) is 10.0 Å². The fourth-order valence-corrected chi connectivity index (χ4v) is 4.61. The van der Waals surface area contributed by atoms with Crippen molar-refractivity contribution in [2.45, 2.75) is 30.7 Å². The molecule has 6 heteroatoms. The van der Waals surface area contributed by atoms with Crippen molar-refractivity contribution in [1.29, 1.82) is 0 Å². The van der Waals surface area contributed by atoms with Crippen LogP contribution in [0, 0.1) is 0 Å². The molecule has 0 bridgehead atoms. The number of hydrogen-bond donors (Lipinski definition) is 1. The SMILES string of the molecule is CC1CCNCCCN1S(=O)(=O)c1ccc2cnccc2c1. The molecule has 1 atom stereocenters. The summed E-state index contributed by atoms with van der Waals surface area (Å²) >= 11 is 0. The van der Waals surface area contributed by atoms with E-state index in [1.807, 2.05) is 19.1 Å². The molecule has 1 fully saturated rings. The molecule has 3 rings (SSSR count). The van der Waals surface area contributed by atoms with Gasteiger partial charge in [0.05, 0.1) is 4.90 Å². The predicted molar refractivity (Wildman–Crippen MR) is 87.2 cm³/mol. The summed E-state index contributed by atoms with van der Waals surface area (Å²) in [4.78, 5) is 4.43. The van der Waals surface area contributed by atoms with Crippen molar-refractivity contribution < 1.29 is 8.42 Å². The lowest BCUT2D eigenvalue weighted by Gasteiger charge is -2.30. The van der Waals surface area contributed by atoms with Crippen molar-refractivity contribution in [2.24, 2.45) is 0 Å². The summed E-state index contributed by atoms with van der Waals surface area (Å²) in [6.45, 7) is 4.26. The third kappa shape index (κ3) is 2.99. The molecular weight excluding hydrogens is 298 g/mol. The average Bonchev–Trinajstić information content (AvgIpc) is 2.50. The van der Waals surface area contributed by atoms with Gasteiger partial charge in [0.1, 0.15) is 0 Å². The van der Waals surface area contributed by atoms with Crippen LogP contribution in [0.4, 0.5) is 0 Å². The number of hydrogen-bond acceptors (Lipinski definition) is 4. The van der Waals surface area contributed by atoms with Gasteiger partial charge in [-0.2, -0.15) is 4.31 Å². The van der Waals surface area contributed by atoms with Gasteiger partial charge < -0.3 is 5.32 Å². The van der Waals surface area contributed by atoms with Crippen LogP contribution in [-0.4, -0.2) is 43.4 Å². The normalized spacial score (nSPS) is 21.4. The fourth-order valence-electron chi connectivity index (χ4n) is 2.87. The van der Waals surface area contributed by atoms with Crippen molar-refractivity contribution in [3.05, 3.63) is 36.7 Å². The van der Waals surface area contributed by atoms with Gasteiger partial charge in [-0.3, -0.25) is 4.98 Å². The molecular formula is C16H21N3O2S. The first-order valence-electron chi connectivity index (χ1n) is 7.65. The summed E-state index contributed by atoms with van der Waals surface area (Å²) in [5, 5.41) is 5.18. The topological polar surface area (TPSA) is 62.3 Å². The highest BCUT2D eigenvalue weighted by molar-refractivity contribution is 7.89. The van der Waals surface area contributed by atoms with Gasteiger partial charge in [-0.1, -0.05) is 6.07 Å². The zero-order chi connectivity index (χ0) is 15.6. The molecule has 0 saturated carbocycles. The third-order valence-corrected chi connectivity index (χ3v) is 6.19. The molecule has 118 valence electrons. The summed E-state index contributed by atoms with van der Waals surface area (Å²) in [5.74, 6) is 0. The molecule has 0 amide bonds. The minimum absolute atomic E-state index is 0.00550. The fraction of sp³-hybridized carbons (Fsp3) is 0.438. The molecule has 0 spiro atoms. The van der Waals surface area contributed by atoms with Gasteiger partial charge in [-0.05, 0) is 56.4 Å². The van der Waals surface area contributed by atoms with Crippen LogP contribution in [0.25, 0.3) is 10.8 Å². The summed E-state index contributed by atoms with van der Waals surface area (Å²) in [5.41, 5.74) is 0. The second-order valence-electron chi connectivity index (χ2n) is 5.74. The number of nitrogens with one attached hydrogen (secondary N) is 1. The maximum absolute atomic E-state index is 13.0. The molecule has 5 nitrogen and oxygen atoms in total. The molecule has 22 heavy (non-hydrogen) atoms. The molecule has 2 heterocycles. The molecule has 1 saturated heterocycles. The Labute approximate surface area is 131 Å². The number of aromatic nitrogens is 1. The highest BCUT2D eigenvalue weighted by Crippen LogP contribution is 2.24. The number of rotatable bonds is 2. The van der Waals surface area contributed by atoms with E-state index >= 15 is 0 Å². The van der Waals surface area contributed by atoms with Crippen LogP contribution in [0.2, 0.25) is 0 Å². The van der Waals surface area contributed by atoms with Crippen LogP contribution in [-0.2, 0) is 10.0 Å². The minimum Gasteiger partial charge on any atom is -0.317 e. The lowest BCUT2D eigenvalue weighted by Crippen LogP contribution is -2.43. The molecule has 1 aromatic heterocycles. The quantitative estimate of drug-likeness (QED) is 0.919. The van der Waals surface area contributed by atoms with Gasteiger partial charge >= 0.3 is 0 Å². The molecule has 1 aromatic carbocycles.